The molecule has 0 aromatic carbocycles. The minimum absolute atomic E-state index is 0.159. The lowest BCUT2D eigenvalue weighted by Gasteiger charge is -2.26. The lowest BCUT2D eigenvalue weighted by molar-refractivity contribution is 0.531. The Balaban J connectivity index is 2.17. The summed E-state index contributed by atoms with van der Waals surface area (Å²) in [5, 5.41) is 6.44. The van der Waals surface area contributed by atoms with Crippen LogP contribution in [0.25, 0.3) is 0 Å². The molecular weight excluding hydrogens is 202 g/mol. The van der Waals surface area contributed by atoms with Gasteiger partial charge in [-0.25, -0.2) is 0 Å². The van der Waals surface area contributed by atoms with Crippen LogP contribution in [0.5, 0.6) is 0 Å². The van der Waals surface area contributed by atoms with E-state index >= 15 is 0 Å². The quantitative estimate of drug-likeness (QED) is 0.726. The van der Waals surface area contributed by atoms with E-state index in [1.807, 2.05) is 13.1 Å². The summed E-state index contributed by atoms with van der Waals surface area (Å²) in [6, 6.07) is 1.89. The van der Waals surface area contributed by atoms with Gasteiger partial charge in [-0.2, -0.15) is 9.97 Å². The van der Waals surface area contributed by atoms with Crippen molar-refractivity contribution in [2.45, 2.75) is 38.1 Å². The number of hydrogen-bond acceptors (Lipinski definition) is 5. The normalized spacial score (nSPS) is 18.4. The van der Waals surface area contributed by atoms with Gasteiger partial charge in [-0.05, 0) is 19.8 Å². The summed E-state index contributed by atoms with van der Waals surface area (Å²) in [6.07, 6.45) is 4.93. The maximum absolute atomic E-state index is 5.65. The van der Waals surface area contributed by atoms with Crippen LogP contribution in [0.4, 0.5) is 17.6 Å². The highest BCUT2D eigenvalue weighted by atomic mass is 15.1. The van der Waals surface area contributed by atoms with Crippen molar-refractivity contribution < 1.29 is 0 Å². The first-order chi connectivity index (χ1) is 7.61. The van der Waals surface area contributed by atoms with Gasteiger partial charge < -0.3 is 16.4 Å². The van der Waals surface area contributed by atoms with E-state index in [0.717, 1.165) is 11.6 Å². The van der Waals surface area contributed by atoms with Gasteiger partial charge in [-0.3, -0.25) is 0 Å². The van der Waals surface area contributed by atoms with Crippen LogP contribution in [-0.4, -0.2) is 22.6 Å². The molecular formula is C11H19N5. The number of anilines is 3. The molecule has 0 atom stereocenters. The van der Waals surface area contributed by atoms with Crippen LogP contribution in [0.15, 0.2) is 6.07 Å². The van der Waals surface area contributed by atoms with Crippen molar-refractivity contribution in [3.63, 3.8) is 0 Å². The zero-order valence-corrected chi connectivity index (χ0v) is 9.88. The Bertz CT molecular complexity index is 371. The molecule has 0 radical (unpaired) electrons. The van der Waals surface area contributed by atoms with Crippen molar-refractivity contribution in [2.24, 2.45) is 0 Å². The molecule has 2 rings (SSSR count). The van der Waals surface area contributed by atoms with Crippen molar-refractivity contribution in [2.75, 3.05) is 23.4 Å². The molecule has 0 saturated heterocycles. The third-order valence-electron chi connectivity index (χ3n) is 3.14. The second-order valence-electron chi connectivity index (χ2n) is 4.64. The monoisotopic (exact) mass is 221 g/mol. The van der Waals surface area contributed by atoms with Crippen LogP contribution in [0.3, 0.4) is 0 Å². The largest absolute Gasteiger partial charge is 0.373 e. The topological polar surface area (TPSA) is 75.9 Å². The summed E-state index contributed by atoms with van der Waals surface area (Å²) in [4.78, 5) is 8.27. The van der Waals surface area contributed by atoms with Gasteiger partial charge in [0.25, 0.3) is 0 Å². The summed E-state index contributed by atoms with van der Waals surface area (Å²) in [5.41, 5.74) is 5.81. The van der Waals surface area contributed by atoms with Crippen molar-refractivity contribution in [1.82, 2.24) is 9.97 Å². The van der Waals surface area contributed by atoms with Gasteiger partial charge in [0.2, 0.25) is 5.95 Å². The van der Waals surface area contributed by atoms with E-state index in [9.17, 15) is 0 Å². The van der Waals surface area contributed by atoms with E-state index in [0.29, 0.717) is 5.95 Å². The smallest absolute Gasteiger partial charge is 0.223 e. The first kappa shape index (κ1) is 11.0. The number of aromatic nitrogens is 2. The van der Waals surface area contributed by atoms with Crippen molar-refractivity contribution in [3.8, 4) is 0 Å². The highest BCUT2D eigenvalue weighted by molar-refractivity contribution is 5.51. The molecule has 1 aliphatic carbocycles. The van der Waals surface area contributed by atoms with Crippen LogP contribution in [0.1, 0.15) is 32.6 Å². The number of rotatable bonds is 3. The molecule has 0 aliphatic heterocycles. The Morgan fingerprint density at radius 2 is 1.88 bits per heavy atom. The summed E-state index contributed by atoms with van der Waals surface area (Å²) in [6.45, 7) is 2.23. The van der Waals surface area contributed by atoms with E-state index in [-0.39, 0.29) is 5.54 Å². The van der Waals surface area contributed by atoms with Crippen molar-refractivity contribution in [3.05, 3.63) is 6.07 Å². The van der Waals surface area contributed by atoms with Crippen molar-refractivity contribution >= 4 is 17.6 Å². The Hall–Kier alpha value is -1.52. The molecule has 0 bridgehead atoms. The average molecular weight is 221 g/mol. The SMILES string of the molecule is CNc1cc(NC2(C)CCCC2)nc(N)n1. The second-order valence-corrected chi connectivity index (χ2v) is 4.64. The molecule has 1 saturated carbocycles. The maximum Gasteiger partial charge on any atom is 0.223 e. The van der Waals surface area contributed by atoms with E-state index in [2.05, 4.69) is 27.5 Å². The first-order valence-corrected chi connectivity index (χ1v) is 5.72. The summed E-state index contributed by atoms with van der Waals surface area (Å²) in [5.74, 6) is 1.86. The number of nitrogens with zero attached hydrogens (tertiary/aromatic N) is 2. The Morgan fingerprint density at radius 1 is 1.25 bits per heavy atom. The minimum Gasteiger partial charge on any atom is -0.373 e. The van der Waals surface area contributed by atoms with Crippen LogP contribution >= 0.6 is 0 Å². The van der Waals surface area contributed by atoms with Gasteiger partial charge in [0.05, 0.1) is 0 Å². The second kappa shape index (κ2) is 4.15. The molecule has 0 unspecified atom stereocenters. The molecule has 1 aromatic heterocycles. The zero-order chi connectivity index (χ0) is 11.6. The summed E-state index contributed by atoms with van der Waals surface area (Å²) in [7, 11) is 1.82. The van der Waals surface area contributed by atoms with Gasteiger partial charge in [-0.15, -0.1) is 0 Å². The molecule has 88 valence electrons. The fraction of sp³-hybridized carbons (Fsp3) is 0.636. The van der Waals surface area contributed by atoms with E-state index < -0.39 is 0 Å². The van der Waals surface area contributed by atoms with Crippen LogP contribution in [0, 0.1) is 0 Å². The molecule has 1 aliphatic rings. The predicted molar refractivity (Wildman–Crippen MR) is 66.5 cm³/mol. The molecule has 4 N–H and O–H groups in total. The highest BCUT2D eigenvalue weighted by Gasteiger charge is 2.28. The Kier molecular flexibility index (Phi) is 2.85. The van der Waals surface area contributed by atoms with Crippen LogP contribution in [0.2, 0.25) is 0 Å². The van der Waals surface area contributed by atoms with E-state index in [1.54, 1.807) is 0 Å². The molecule has 0 spiro atoms. The molecule has 1 heterocycles. The lowest BCUT2D eigenvalue weighted by Crippen LogP contribution is -2.31. The van der Waals surface area contributed by atoms with Crippen LogP contribution < -0.4 is 16.4 Å². The number of nitrogen functional groups attached to an aromatic ring is 1. The van der Waals surface area contributed by atoms with Gasteiger partial charge in [0.15, 0.2) is 0 Å². The fourth-order valence-electron chi connectivity index (χ4n) is 2.25. The molecule has 16 heavy (non-hydrogen) atoms. The standard InChI is InChI=1S/C11H19N5/c1-11(5-3-4-6-11)16-9-7-8(13-2)14-10(12)15-9/h7H,3-6H2,1-2H3,(H4,12,13,14,15,16). The average Bonchev–Trinajstić information content (AvgIpc) is 2.63. The third kappa shape index (κ3) is 2.35. The fourth-order valence-corrected chi connectivity index (χ4v) is 2.25. The van der Waals surface area contributed by atoms with E-state index in [4.69, 9.17) is 5.73 Å². The molecule has 5 nitrogen and oxygen atoms in total. The minimum atomic E-state index is 0.159. The Morgan fingerprint density at radius 3 is 2.50 bits per heavy atom. The van der Waals surface area contributed by atoms with Gasteiger partial charge in [0.1, 0.15) is 11.6 Å². The highest BCUT2D eigenvalue weighted by Crippen LogP contribution is 2.32. The Labute approximate surface area is 95.9 Å². The summed E-state index contributed by atoms with van der Waals surface area (Å²) < 4.78 is 0. The number of nitrogens with one attached hydrogen (secondary N) is 2. The zero-order valence-electron chi connectivity index (χ0n) is 9.88. The number of nitrogens with two attached hydrogens (primary N) is 1. The molecule has 0 amide bonds. The number of hydrogen-bond donors (Lipinski definition) is 3. The first-order valence-electron chi connectivity index (χ1n) is 5.72. The lowest BCUT2D eigenvalue weighted by atomic mass is 10.0. The molecule has 1 aromatic rings. The molecule has 5 heteroatoms. The maximum atomic E-state index is 5.65. The predicted octanol–water partition coefficient (Wildman–Crippen LogP) is 1.85. The van der Waals surface area contributed by atoms with Gasteiger partial charge >= 0.3 is 0 Å². The van der Waals surface area contributed by atoms with Gasteiger partial charge in [0, 0.05) is 18.7 Å². The van der Waals surface area contributed by atoms with E-state index in [1.165, 1.54) is 25.7 Å². The van der Waals surface area contributed by atoms with Gasteiger partial charge in [-0.1, -0.05) is 12.8 Å². The van der Waals surface area contributed by atoms with Crippen molar-refractivity contribution in [1.29, 1.82) is 0 Å². The summed E-state index contributed by atoms with van der Waals surface area (Å²) >= 11 is 0. The molecule has 1 fully saturated rings. The van der Waals surface area contributed by atoms with Crippen LogP contribution in [-0.2, 0) is 0 Å². The third-order valence-corrected chi connectivity index (χ3v) is 3.14.